The maximum absolute atomic E-state index is 12.8. The van der Waals surface area contributed by atoms with Crippen LogP contribution in [0.15, 0.2) is 23.1 Å². The Morgan fingerprint density at radius 1 is 1.30 bits per heavy atom. The normalized spacial score (nSPS) is 16.6. The van der Waals surface area contributed by atoms with E-state index in [0.717, 1.165) is 6.42 Å². The summed E-state index contributed by atoms with van der Waals surface area (Å²) in [4.78, 5) is 24.2. The van der Waals surface area contributed by atoms with Gasteiger partial charge in [-0.3, -0.25) is 9.59 Å². The summed E-state index contributed by atoms with van der Waals surface area (Å²) in [6, 6.07) is 3.27. The van der Waals surface area contributed by atoms with Crippen molar-refractivity contribution in [2.75, 3.05) is 32.8 Å². The van der Waals surface area contributed by atoms with Gasteiger partial charge >= 0.3 is 0 Å². The minimum Gasteiger partial charge on any atom is -0.379 e. The van der Waals surface area contributed by atoms with Gasteiger partial charge in [0.1, 0.15) is 10.9 Å². The highest BCUT2D eigenvalue weighted by Gasteiger charge is 2.29. The molecular weight excluding hydrogens is 394 g/mol. The number of carbonyl (C=O) groups excluding carboxylic acids is 2. The summed E-state index contributed by atoms with van der Waals surface area (Å²) in [5, 5.41) is 5.28. The van der Waals surface area contributed by atoms with Crippen LogP contribution >= 0.6 is 11.6 Å². The Hall–Kier alpha value is -1.68. The third kappa shape index (κ3) is 5.41. The highest BCUT2D eigenvalue weighted by molar-refractivity contribution is 7.89. The zero-order valence-electron chi connectivity index (χ0n) is 15.3. The van der Waals surface area contributed by atoms with Crippen molar-refractivity contribution in [3.8, 4) is 0 Å². The fraction of sp³-hybridized carbons (Fsp3) is 0.529. The number of nitrogens with one attached hydrogen (secondary N) is 2. The molecule has 10 heteroatoms. The SMILES string of the molecule is CCCNC(=O)[C@H](C)NC(=O)c1ccc(Cl)c(S(=O)(=O)N2CCOCC2)c1. The first kappa shape index (κ1) is 21.6. The average Bonchev–Trinajstić information content (AvgIpc) is 2.66. The van der Waals surface area contributed by atoms with Crippen molar-refractivity contribution in [1.29, 1.82) is 0 Å². The van der Waals surface area contributed by atoms with Crippen molar-refractivity contribution >= 4 is 33.4 Å². The van der Waals surface area contributed by atoms with Crippen LogP contribution in [0, 0.1) is 0 Å². The lowest BCUT2D eigenvalue weighted by Gasteiger charge is -2.26. The number of hydrogen-bond donors (Lipinski definition) is 2. The van der Waals surface area contributed by atoms with Gasteiger partial charge in [-0.25, -0.2) is 8.42 Å². The molecule has 2 amide bonds. The number of rotatable bonds is 7. The zero-order chi connectivity index (χ0) is 20.0. The predicted octanol–water partition coefficient (Wildman–Crippen LogP) is 1.01. The van der Waals surface area contributed by atoms with E-state index >= 15 is 0 Å². The number of amides is 2. The van der Waals surface area contributed by atoms with Crippen LogP contribution in [0.2, 0.25) is 5.02 Å². The van der Waals surface area contributed by atoms with E-state index in [4.69, 9.17) is 16.3 Å². The number of nitrogens with zero attached hydrogens (tertiary/aromatic N) is 1. The smallest absolute Gasteiger partial charge is 0.251 e. The second-order valence-corrected chi connectivity index (χ2v) is 8.46. The summed E-state index contributed by atoms with van der Waals surface area (Å²) in [7, 11) is -3.84. The monoisotopic (exact) mass is 417 g/mol. The molecule has 27 heavy (non-hydrogen) atoms. The third-order valence-corrected chi connectivity index (χ3v) is 6.45. The van der Waals surface area contributed by atoms with Gasteiger partial charge < -0.3 is 15.4 Å². The zero-order valence-corrected chi connectivity index (χ0v) is 16.9. The molecule has 0 spiro atoms. The minimum atomic E-state index is -3.84. The van der Waals surface area contributed by atoms with Crippen molar-refractivity contribution in [3.05, 3.63) is 28.8 Å². The van der Waals surface area contributed by atoms with Gasteiger partial charge in [-0.15, -0.1) is 0 Å². The van der Waals surface area contributed by atoms with E-state index in [2.05, 4.69) is 10.6 Å². The Kier molecular flexibility index (Phi) is 7.60. The summed E-state index contributed by atoms with van der Waals surface area (Å²) >= 11 is 6.09. The Bertz CT molecular complexity index is 794. The van der Waals surface area contributed by atoms with Gasteiger partial charge in [-0.2, -0.15) is 4.31 Å². The molecule has 1 saturated heterocycles. The number of hydrogen-bond acceptors (Lipinski definition) is 5. The summed E-state index contributed by atoms with van der Waals surface area (Å²) < 4.78 is 32.1. The number of sulfonamides is 1. The standard InChI is InChI=1S/C17H24ClN3O5S/c1-3-6-19-16(22)12(2)20-17(23)13-4-5-14(18)15(11-13)27(24,25)21-7-9-26-10-8-21/h4-5,11-12H,3,6-10H2,1-2H3,(H,19,22)(H,20,23)/t12-/m0/s1. The lowest BCUT2D eigenvalue weighted by atomic mass is 10.2. The molecule has 0 aliphatic carbocycles. The molecule has 1 fully saturated rings. The van der Waals surface area contributed by atoms with E-state index < -0.39 is 22.0 Å². The predicted molar refractivity (Wildman–Crippen MR) is 101 cm³/mol. The van der Waals surface area contributed by atoms with E-state index in [1.54, 1.807) is 6.92 Å². The third-order valence-electron chi connectivity index (χ3n) is 4.07. The first-order valence-electron chi connectivity index (χ1n) is 8.73. The minimum absolute atomic E-state index is 0.0341. The van der Waals surface area contributed by atoms with Gasteiger partial charge in [-0.05, 0) is 31.5 Å². The van der Waals surface area contributed by atoms with Crippen molar-refractivity contribution in [2.24, 2.45) is 0 Å². The maximum atomic E-state index is 12.8. The number of benzene rings is 1. The molecule has 1 heterocycles. The Labute approximate surface area is 164 Å². The average molecular weight is 418 g/mol. The van der Waals surface area contributed by atoms with Gasteiger partial charge in [0.15, 0.2) is 0 Å². The van der Waals surface area contributed by atoms with Crippen molar-refractivity contribution in [1.82, 2.24) is 14.9 Å². The van der Waals surface area contributed by atoms with Gasteiger partial charge in [0.25, 0.3) is 5.91 Å². The van der Waals surface area contributed by atoms with Gasteiger partial charge in [0, 0.05) is 25.2 Å². The number of halogens is 1. The molecule has 0 aromatic heterocycles. The quantitative estimate of drug-likeness (QED) is 0.688. The topological polar surface area (TPSA) is 105 Å². The fourth-order valence-electron chi connectivity index (χ4n) is 2.52. The van der Waals surface area contributed by atoms with Gasteiger partial charge in [0.05, 0.1) is 18.2 Å². The summed E-state index contributed by atoms with van der Waals surface area (Å²) in [5.74, 6) is -0.857. The van der Waals surface area contributed by atoms with Crippen LogP contribution in [-0.4, -0.2) is 63.4 Å². The Balaban J connectivity index is 2.18. The summed E-state index contributed by atoms with van der Waals surface area (Å²) in [5.41, 5.74) is 0.112. The molecule has 0 radical (unpaired) electrons. The van der Waals surface area contributed by atoms with Crippen LogP contribution in [0.1, 0.15) is 30.6 Å². The van der Waals surface area contributed by atoms with Gasteiger partial charge in [0.2, 0.25) is 15.9 Å². The van der Waals surface area contributed by atoms with Gasteiger partial charge in [-0.1, -0.05) is 18.5 Å². The Morgan fingerprint density at radius 3 is 2.59 bits per heavy atom. The van der Waals surface area contributed by atoms with Crippen LogP contribution in [0.3, 0.4) is 0 Å². The molecule has 8 nitrogen and oxygen atoms in total. The fourth-order valence-corrected chi connectivity index (χ4v) is 4.42. The molecule has 1 aliphatic heterocycles. The maximum Gasteiger partial charge on any atom is 0.251 e. The highest BCUT2D eigenvalue weighted by atomic mass is 35.5. The van der Waals surface area contributed by atoms with E-state index in [1.165, 1.54) is 22.5 Å². The number of morpholine rings is 1. The van der Waals surface area contributed by atoms with Crippen molar-refractivity contribution in [3.63, 3.8) is 0 Å². The lowest BCUT2D eigenvalue weighted by molar-refractivity contribution is -0.122. The molecular formula is C17H24ClN3O5S. The molecule has 2 N–H and O–H groups in total. The Morgan fingerprint density at radius 2 is 1.96 bits per heavy atom. The van der Waals surface area contributed by atoms with E-state index in [1.807, 2.05) is 6.92 Å². The number of ether oxygens (including phenoxy) is 1. The van der Waals surface area contributed by atoms with Crippen LogP contribution in [0.5, 0.6) is 0 Å². The molecule has 0 unspecified atom stereocenters. The van der Waals surface area contributed by atoms with Crippen LogP contribution in [0.4, 0.5) is 0 Å². The molecule has 150 valence electrons. The van der Waals surface area contributed by atoms with E-state index in [-0.39, 0.29) is 34.5 Å². The molecule has 1 atom stereocenters. The van der Waals surface area contributed by atoms with E-state index in [0.29, 0.717) is 19.8 Å². The molecule has 2 rings (SSSR count). The molecule has 1 aromatic rings. The first-order chi connectivity index (χ1) is 12.8. The van der Waals surface area contributed by atoms with Crippen molar-refractivity contribution in [2.45, 2.75) is 31.2 Å². The van der Waals surface area contributed by atoms with E-state index in [9.17, 15) is 18.0 Å². The highest BCUT2D eigenvalue weighted by Crippen LogP contribution is 2.26. The van der Waals surface area contributed by atoms with Crippen molar-refractivity contribution < 1.29 is 22.7 Å². The largest absolute Gasteiger partial charge is 0.379 e. The molecule has 0 bridgehead atoms. The summed E-state index contributed by atoms with van der Waals surface area (Å²) in [6.45, 7) is 5.07. The van der Waals surface area contributed by atoms with Crippen LogP contribution in [-0.2, 0) is 19.6 Å². The van der Waals surface area contributed by atoms with Crippen LogP contribution in [0.25, 0.3) is 0 Å². The molecule has 0 saturated carbocycles. The molecule has 1 aromatic carbocycles. The lowest BCUT2D eigenvalue weighted by Crippen LogP contribution is -2.45. The second kappa shape index (κ2) is 9.50. The second-order valence-electron chi connectivity index (χ2n) is 6.15. The molecule has 1 aliphatic rings. The van der Waals surface area contributed by atoms with Crippen LogP contribution < -0.4 is 10.6 Å². The number of carbonyl (C=O) groups is 2. The summed E-state index contributed by atoms with van der Waals surface area (Å²) in [6.07, 6.45) is 0.784. The first-order valence-corrected chi connectivity index (χ1v) is 10.5.